The highest BCUT2D eigenvalue weighted by atomic mass is 127. The van der Waals surface area contributed by atoms with Crippen molar-refractivity contribution in [3.8, 4) is 0 Å². The maximum Gasteiger partial charge on any atom is 0.511 e. The molecule has 6 nitrogen and oxygen atoms in total. The molecule has 0 bridgehead atoms. The van der Waals surface area contributed by atoms with Crippen LogP contribution in [0.4, 0.5) is 13.2 Å². The summed E-state index contributed by atoms with van der Waals surface area (Å²) in [4.78, 5) is 5.20. The number of piperidine rings is 1. The second kappa shape index (κ2) is 9.37. The molecule has 25 heavy (non-hydrogen) atoms. The summed E-state index contributed by atoms with van der Waals surface area (Å²) in [5.74, 6) is 0.542. The molecule has 12 heteroatoms. The van der Waals surface area contributed by atoms with Crippen LogP contribution in [-0.4, -0.2) is 50.4 Å². The molecule has 144 valence electrons. The summed E-state index contributed by atoms with van der Waals surface area (Å²) in [7, 11) is -3.63. The third-order valence-electron chi connectivity index (χ3n) is 3.66. The van der Waals surface area contributed by atoms with E-state index in [9.17, 15) is 21.6 Å². The summed E-state index contributed by atoms with van der Waals surface area (Å²) in [6, 6.07) is 3.79. The number of aliphatic imine (C=N–C) groups is 1. The van der Waals surface area contributed by atoms with E-state index in [4.69, 9.17) is 0 Å². The van der Waals surface area contributed by atoms with Crippen LogP contribution in [0, 0.1) is 0 Å². The molecular weight excluding hydrogens is 492 g/mol. The van der Waals surface area contributed by atoms with Crippen LogP contribution < -0.4 is 10.6 Å². The average molecular weight is 512 g/mol. The van der Waals surface area contributed by atoms with Crippen LogP contribution in [0.2, 0.25) is 0 Å². The normalized spacial score (nSPS) is 17.8. The summed E-state index contributed by atoms with van der Waals surface area (Å²) in [6.45, 7) is 0.265. The van der Waals surface area contributed by atoms with Crippen molar-refractivity contribution in [3.63, 3.8) is 0 Å². The number of hydrogen-bond donors (Lipinski definition) is 2. The van der Waals surface area contributed by atoms with Crippen molar-refractivity contribution in [1.29, 1.82) is 0 Å². The highest BCUT2D eigenvalue weighted by Gasteiger charge is 2.50. The predicted molar refractivity (Wildman–Crippen MR) is 103 cm³/mol. The van der Waals surface area contributed by atoms with E-state index in [-0.39, 0.29) is 55.9 Å². The van der Waals surface area contributed by atoms with Crippen LogP contribution >= 0.6 is 35.3 Å². The highest BCUT2D eigenvalue weighted by molar-refractivity contribution is 14.0. The molecule has 1 aliphatic rings. The van der Waals surface area contributed by atoms with Crippen molar-refractivity contribution in [2.45, 2.75) is 30.9 Å². The van der Waals surface area contributed by atoms with Crippen molar-refractivity contribution < 1.29 is 21.6 Å². The Kier molecular flexibility index (Phi) is 8.41. The zero-order valence-corrected chi connectivity index (χ0v) is 17.4. The minimum absolute atomic E-state index is 0. The van der Waals surface area contributed by atoms with Crippen molar-refractivity contribution in [1.82, 2.24) is 14.9 Å². The lowest BCUT2D eigenvalue weighted by Gasteiger charge is -2.32. The Morgan fingerprint density at radius 1 is 1.40 bits per heavy atom. The summed E-state index contributed by atoms with van der Waals surface area (Å²) in [5.41, 5.74) is -5.24. The predicted octanol–water partition coefficient (Wildman–Crippen LogP) is 2.35. The Morgan fingerprint density at radius 2 is 2.04 bits per heavy atom. The van der Waals surface area contributed by atoms with Crippen molar-refractivity contribution in [2.24, 2.45) is 4.99 Å². The molecule has 0 aromatic carbocycles. The third-order valence-corrected chi connectivity index (χ3v) is 6.17. The number of thiophene rings is 1. The van der Waals surface area contributed by atoms with E-state index >= 15 is 0 Å². The molecule has 2 heterocycles. The number of rotatable bonds is 4. The van der Waals surface area contributed by atoms with Crippen LogP contribution in [0.25, 0.3) is 0 Å². The first-order chi connectivity index (χ1) is 11.2. The summed E-state index contributed by atoms with van der Waals surface area (Å²) in [5, 5.41) is 8.20. The lowest BCUT2D eigenvalue weighted by molar-refractivity contribution is -0.0494. The molecule has 1 aromatic heterocycles. The molecule has 0 atom stereocenters. The van der Waals surface area contributed by atoms with Crippen LogP contribution in [0.3, 0.4) is 0 Å². The Morgan fingerprint density at radius 3 is 2.52 bits per heavy atom. The first-order valence-electron chi connectivity index (χ1n) is 7.30. The standard InChI is InChI=1S/C13H19F3N4O2S2.HI/c1-17-12(18-9-11-3-2-8-23-11)19-10-4-6-20(7-5-10)24(21,22)13(14,15)16;/h2-3,8,10H,4-7,9H2,1H3,(H2,17,18,19);1H. The SMILES string of the molecule is CN=C(NCc1cccs1)NC1CCN(S(=O)(=O)C(F)(F)F)CC1.I. The fourth-order valence-electron chi connectivity index (χ4n) is 2.36. The van der Waals surface area contributed by atoms with Crippen LogP contribution in [-0.2, 0) is 16.6 Å². The lowest BCUT2D eigenvalue weighted by Crippen LogP contribution is -2.51. The molecule has 1 aromatic rings. The third kappa shape index (κ3) is 5.96. The molecule has 0 spiro atoms. The quantitative estimate of drug-likeness (QED) is 0.369. The minimum atomic E-state index is -5.24. The number of nitrogens with one attached hydrogen (secondary N) is 2. The molecule has 0 saturated carbocycles. The molecule has 2 rings (SSSR count). The first-order valence-corrected chi connectivity index (χ1v) is 9.62. The van der Waals surface area contributed by atoms with E-state index in [2.05, 4.69) is 15.6 Å². The number of guanidine groups is 1. The molecule has 0 radical (unpaired) electrons. The van der Waals surface area contributed by atoms with E-state index < -0.39 is 15.5 Å². The average Bonchev–Trinajstić information content (AvgIpc) is 3.04. The van der Waals surface area contributed by atoms with Gasteiger partial charge < -0.3 is 10.6 Å². The molecule has 2 N–H and O–H groups in total. The van der Waals surface area contributed by atoms with Gasteiger partial charge in [0.15, 0.2) is 5.96 Å². The summed E-state index contributed by atoms with van der Waals surface area (Å²) in [6.07, 6.45) is 0.573. The first kappa shape index (κ1) is 22.4. The minimum Gasteiger partial charge on any atom is -0.354 e. The second-order valence-electron chi connectivity index (χ2n) is 5.27. The Bertz CT molecular complexity index is 657. The number of halogens is 4. The summed E-state index contributed by atoms with van der Waals surface area (Å²) >= 11 is 1.60. The molecule has 0 aliphatic carbocycles. The van der Waals surface area contributed by atoms with Crippen molar-refractivity contribution >= 4 is 51.3 Å². The monoisotopic (exact) mass is 512 g/mol. The van der Waals surface area contributed by atoms with Gasteiger partial charge in [-0.05, 0) is 24.3 Å². The maximum atomic E-state index is 12.5. The van der Waals surface area contributed by atoms with Gasteiger partial charge in [-0.25, -0.2) is 8.42 Å². The van der Waals surface area contributed by atoms with Gasteiger partial charge in [0, 0.05) is 31.1 Å². The summed E-state index contributed by atoms with van der Waals surface area (Å²) < 4.78 is 60.9. The molecule has 0 amide bonds. The fraction of sp³-hybridized carbons (Fsp3) is 0.615. The maximum absolute atomic E-state index is 12.5. The van der Waals surface area contributed by atoms with Gasteiger partial charge in [0.1, 0.15) is 0 Å². The molecule has 1 aliphatic heterocycles. The number of sulfonamides is 1. The van der Waals surface area contributed by atoms with Crippen LogP contribution in [0.1, 0.15) is 17.7 Å². The zero-order valence-electron chi connectivity index (χ0n) is 13.4. The van der Waals surface area contributed by atoms with Gasteiger partial charge >= 0.3 is 15.5 Å². The Balaban J connectivity index is 0.00000312. The van der Waals surface area contributed by atoms with E-state index in [0.29, 0.717) is 16.8 Å². The lowest BCUT2D eigenvalue weighted by atomic mass is 10.1. The molecule has 1 fully saturated rings. The topological polar surface area (TPSA) is 73.8 Å². The molecular formula is C13H20F3IN4O2S2. The largest absolute Gasteiger partial charge is 0.511 e. The van der Waals surface area contributed by atoms with Gasteiger partial charge in [-0.3, -0.25) is 4.99 Å². The van der Waals surface area contributed by atoms with E-state index in [1.165, 1.54) is 0 Å². The van der Waals surface area contributed by atoms with Gasteiger partial charge in [-0.2, -0.15) is 17.5 Å². The van der Waals surface area contributed by atoms with Crippen LogP contribution in [0.5, 0.6) is 0 Å². The highest BCUT2D eigenvalue weighted by Crippen LogP contribution is 2.28. The number of nitrogens with zero attached hydrogens (tertiary/aromatic N) is 2. The van der Waals surface area contributed by atoms with Crippen molar-refractivity contribution in [3.05, 3.63) is 22.4 Å². The van der Waals surface area contributed by atoms with Gasteiger partial charge in [0.05, 0.1) is 6.54 Å². The van der Waals surface area contributed by atoms with E-state index in [1.54, 1.807) is 18.4 Å². The van der Waals surface area contributed by atoms with Gasteiger partial charge in [-0.15, -0.1) is 35.3 Å². The Labute approximate surface area is 166 Å². The number of hydrogen-bond acceptors (Lipinski definition) is 4. The van der Waals surface area contributed by atoms with Gasteiger partial charge in [-0.1, -0.05) is 6.07 Å². The van der Waals surface area contributed by atoms with E-state index in [1.807, 2.05) is 17.5 Å². The Hall–Kier alpha value is -0.600. The van der Waals surface area contributed by atoms with E-state index in [0.717, 1.165) is 4.88 Å². The van der Waals surface area contributed by atoms with Crippen molar-refractivity contribution in [2.75, 3.05) is 20.1 Å². The smallest absolute Gasteiger partial charge is 0.354 e. The van der Waals surface area contributed by atoms with Gasteiger partial charge in [0.2, 0.25) is 0 Å². The molecule has 0 unspecified atom stereocenters. The fourth-order valence-corrected chi connectivity index (χ4v) is 3.99. The van der Waals surface area contributed by atoms with Gasteiger partial charge in [0.25, 0.3) is 0 Å². The van der Waals surface area contributed by atoms with Crippen LogP contribution in [0.15, 0.2) is 22.5 Å². The number of alkyl halides is 3. The molecule has 1 saturated heterocycles. The zero-order chi connectivity index (χ0) is 17.8. The second-order valence-corrected chi connectivity index (χ2v) is 8.24.